The fourth-order valence-corrected chi connectivity index (χ4v) is 2.20. The lowest BCUT2D eigenvalue weighted by Gasteiger charge is -2.13. The van der Waals surface area contributed by atoms with E-state index in [2.05, 4.69) is 15.9 Å². The minimum Gasteiger partial charge on any atom is -0.454 e. The van der Waals surface area contributed by atoms with Crippen molar-refractivity contribution in [2.75, 3.05) is 5.73 Å². The number of anilines is 1. The van der Waals surface area contributed by atoms with E-state index in [1.165, 1.54) is 31.2 Å². The molecule has 0 saturated carbocycles. The maximum Gasteiger partial charge on any atom is 0.416 e. The standard InChI is InChI=1S/C15H11BrF3NO2/c1-8(21)9-2-4-14(12(20)6-9)22-13-5-3-10(7-11(13)16)15(17,18)19/h2-7H,20H2,1H3. The van der Waals surface area contributed by atoms with Crippen LogP contribution in [0.5, 0.6) is 11.5 Å². The van der Waals surface area contributed by atoms with Crippen molar-refractivity contribution in [1.82, 2.24) is 0 Å². The summed E-state index contributed by atoms with van der Waals surface area (Å²) < 4.78 is 43.4. The first kappa shape index (κ1) is 16.4. The molecule has 3 nitrogen and oxygen atoms in total. The molecule has 0 aliphatic rings. The van der Waals surface area contributed by atoms with Gasteiger partial charge in [0, 0.05) is 5.56 Å². The monoisotopic (exact) mass is 373 g/mol. The fourth-order valence-electron chi connectivity index (χ4n) is 1.74. The van der Waals surface area contributed by atoms with Crippen molar-refractivity contribution in [2.45, 2.75) is 13.1 Å². The van der Waals surface area contributed by atoms with Crippen LogP contribution >= 0.6 is 15.9 Å². The third kappa shape index (κ3) is 3.59. The molecule has 2 N–H and O–H groups in total. The van der Waals surface area contributed by atoms with E-state index >= 15 is 0 Å². The lowest BCUT2D eigenvalue weighted by molar-refractivity contribution is -0.137. The smallest absolute Gasteiger partial charge is 0.416 e. The number of Topliss-reactive ketones (excluding diaryl/α,β-unsaturated/α-hetero) is 1. The quantitative estimate of drug-likeness (QED) is 0.605. The van der Waals surface area contributed by atoms with Gasteiger partial charge in [-0.15, -0.1) is 0 Å². The molecule has 0 heterocycles. The van der Waals surface area contributed by atoms with Crippen LogP contribution in [-0.4, -0.2) is 5.78 Å². The maximum absolute atomic E-state index is 12.6. The number of ether oxygens (including phenoxy) is 1. The Labute approximate surface area is 133 Å². The minimum absolute atomic E-state index is 0.144. The Kier molecular flexibility index (Phi) is 4.46. The molecule has 0 unspecified atom stereocenters. The van der Waals surface area contributed by atoms with Gasteiger partial charge in [-0.1, -0.05) is 0 Å². The summed E-state index contributed by atoms with van der Waals surface area (Å²) >= 11 is 3.04. The Balaban J connectivity index is 2.30. The molecule has 0 aliphatic heterocycles. The summed E-state index contributed by atoms with van der Waals surface area (Å²) in [6.07, 6.45) is -4.43. The minimum atomic E-state index is -4.43. The number of carbonyl (C=O) groups is 1. The zero-order valence-corrected chi connectivity index (χ0v) is 13.0. The summed E-state index contributed by atoms with van der Waals surface area (Å²) in [5.41, 5.74) is 5.65. The number of hydrogen-bond acceptors (Lipinski definition) is 3. The van der Waals surface area contributed by atoms with Gasteiger partial charge < -0.3 is 10.5 Å². The second-order valence-electron chi connectivity index (χ2n) is 4.55. The van der Waals surface area contributed by atoms with Crippen LogP contribution < -0.4 is 10.5 Å². The average molecular weight is 374 g/mol. The van der Waals surface area contributed by atoms with Crippen molar-refractivity contribution in [3.8, 4) is 11.5 Å². The van der Waals surface area contributed by atoms with Crippen LogP contribution in [0.2, 0.25) is 0 Å². The van der Waals surface area contributed by atoms with Crippen LogP contribution in [0.1, 0.15) is 22.8 Å². The molecule has 0 atom stereocenters. The number of alkyl halides is 3. The largest absolute Gasteiger partial charge is 0.454 e. The zero-order valence-electron chi connectivity index (χ0n) is 11.4. The highest BCUT2D eigenvalue weighted by molar-refractivity contribution is 9.10. The molecule has 116 valence electrons. The molecule has 0 aliphatic carbocycles. The predicted molar refractivity (Wildman–Crippen MR) is 80.1 cm³/mol. The van der Waals surface area contributed by atoms with E-state index in [1.54, 1.807) is 0 Å². The molecule has 0 saturated heterocycles. The van der Waals surface area contributed by atoms with Crippen molar-refractivity contribution in [2.24, 2.45) is 0 Å². The fraction of sp³-hybridized carbons (Fsp3) is 0.133. The highest BCUT2D eigenvalue weighted by atomic mass is 79.9. The number of carbonyl (C=O) groups excluding carboxylic acids is 1. The van der Waals surface area contributed by atoms with Crippen LogP contribution in [-0.2, 0) is 6.18 Å². The summed E-state index contributed by atoms with van der Waals surface area (Å²) in [6, 6.07) is 7.53. The van der Waals surface area contributed by atoms with Gasteiger partial charge in [0.15, 0.2) is 5.78 Å². The molecule has 2 aromatic carbocycles. The molecule has 7 heteroatoms. The number of nitrogen functional groups attached to an aromatic ring is 1. The average Bonchev–Trinajstić information content (AvgIpc) is 2.41. The Morgan fingerprint density at radius 1 is 1.14 bits per heavy atom. The normalized spacial score (nSPS) is 11.3. The van der Waals surface area contributed by atoms with Crippen molar-refractivity contribution >= 4 is 27.4 Å². The van der Waals surface area contributed by atoms with Crippen LogP contribution in [0, 0.1) is 0 Å². The summed E-state index contributed by atoms with van der Waals surface area (Å²) in [5.74, 6) is 0.301. The van der Waals surface area contributed by atoms with Gasteiger partial charge in [-0.05, 0) is 59.3 Å². The third-order valence-corrected chi connectivity index (χ3v) is 3.52. The first-order valence-corrected chi connectivity index (χ1v) is 6.93. The third-order valence-electron chi connectivity index (χ3n) is 2.90. The first-order chi connectivity index (χ1) is 10.2. The van der Waals surface area contributed by atoms with Crippen molar-refractivity contribution < 1.29 is 22.7 Å². The molecule has 0 bridgehead atoms. The van der Waals surface area contributed by atoms with E-state index in [1.807, 2.05) is 0 Å². The molecular formula is C15H11BrF3NO2. The molecule has 2 rings (SSSR count). The van der Waals surface area contributed by atoms with Gasteiger partial charge in [0.25, 0.3) is 0 Å². The van der Waals surface area contributed by atoms with E-state index in [9.17, 15) is 18.0 Å². The lowest BCUT2D eigenvalue weighted by atomic mass is 10.1. The number of nitrogens with two attached hydrogens (primary N) is 1. The SMILES string of the molecule is CC(=O)c1ccc(Oc2ccc(C(F)(F)F)cc2Br)c(N)c1. The summed E-state index contributed by atoms with van der Waals surface area (Å²) in [7, 11) is 0. The van der Waals surface area contributed by atoms with Gasteiger partial charge in [-0.3, -0.25) is 4.79 Å². The van der Waals surface area contributed by atoms with Crippen LogP contribution in [0.3, 0.4) is 0 Å². The van der Waals surface area contributed by atoms with Crippen molar-refractivity contribution in [3.63, 3.8) is 0 Å². The van der Waals surface area contributed by atoms with Crippen LogP contribution in [0.4, 0.5) is 18.9 Å². The maximum atomic E-state index is 12.6. The van der Waals surface area contributed by atoms with Crippen LogP contribution in [0.15, 0.2) is 40.9 Å². The van der Waals surface area contributed by atoms with Gasteiger partial charge in [0.1, 0.15) is 11.5 Å². The van der Waals surface area contributed by atoms with E-state index in [0.717, 1.165) is 12.1 Å². The molecule has 0 spiro atoms. The summed E-state index contributed by atoms with van der Waals surface area (Å²) in [6.45, 7) is 1.40. The van der Waals surface area contributed by atoms with Gasteiger partial charge in [-0.25, -0.2) is 0 Å². The van der Waals surface area contributed by atoms with Gasteiger partial charge in [0.05, 0.1) is 15.7 Å². The molecule has 0 radical (unpaired) electrons. The highest BCUT2D eigenvalue weighted by Gasteiger charge is 2.31. The topological polar surface area (TPSA) is 52.3 Å². The summed E-state index contributed by atoms with van der Waals surface area (Å²) in [5, 5.41) is 0. The Morgan fingerprint density at radius 2 is 1.77 bits per heavy atom. The number of halogens is 4. The van der Waals surface area contributed by atoms with Gasteiger partial charge >= 0.3 is 6.18 Å². The van der Waals surface area contributed by atoms with Gasteiger partial charge in [0.2, 0.25) is 0 Å². The van der Waals surface area contributed by atoms with Crippen LogP contribution in [0.25, 0.3) is 0 Å². The second-order valence-corrected chi connectivity index (χ2v) is 5.41. The van der Waals surface area contributed by atoms with Gasteiger partial charge in [-0.2, -0.15) is 13.2 Å². The Hall–Kier alpha value is -2.02. The Morgan fingerprint density at radius 3 is 2.27 bits per heavy atom. The second kappa shape index (κ2) is 6.00. The van der Waals surface area contributed by atoms with E-state index < -0.39 is 11.7 Å². The molecule has 0 amide bonds. The van der Waals surface area contributed by atoms with E-state index in [4.69, 9.17) is 10.5 Å². The molecule has 2 aromatic rings. The number of ketones is 1. The highest BCUT2D eigenvalue weighted by Crippen LogP contribution is 2.37. The number of rotatable bonds is 3. The van der Waals surface area contributed by atoms with E-state index in [0.29, 0.717) is 5.56 Å². The van der Waals surface area contributed by atoms with Crippen molar-refractivity contribution in [1.29, 1.82) is 0 Å². The molecule has 0 aromatic heterocycles. The molecule has 0 fully saturated rings. The predicted octanol–water partition coefficient (Wildman–Crippen LogP) is 5.05. The molecule has 22 heavy (non-hydrogen) atoms. The number of hydrogen-bond donors (Lipinski definition) is 1. The van der Waals surface area contributed by atoms with E-state index in [-0.39, 0.29) is 27.4 Å². The lowest BCUT2D eigenvalue weighted by Crippen LogP contribution is -2.04. The zero-order chi connectivity index (χ0) is 16.5. The Bertz CT molecular complexity index is 729. The summed E-state index contributed by atoms with van der Waals surface area (Å²) in [4.78, 5) is 11.2. The number of benzene rings is 2. The molecular weight excluding hydrogens is 363 g/mol. The van der Waals surface area contributed by atoms with Crippen molar-refractivity contribution in [3.05, 3.63) is 52.0 Å². The first-order valence-electron chi connectivity index (χ1n) is 6.13.